The van der Waals surface area contributed by atoms with E-state index in [4.69, 9.17) is 14.2 Å². The van der Waals surface area contributed by atoms with Crippen molar-refractivity contribution in [2.75, 3.05) is 0 Å². The molecule has 4 rings (SSSR count). The van der Waals surface area contributed by atoms with E-state index in [2.05, 4.69) is 0 Å². The van der Waals surface area contributed by atoms with Crippen LogP contribution < -0.4 is 4.74 Å². The van der Waals surface area contributed by atoms with E-state index in [9.17, 15) is 14.7 Å². The van der Waals surface area contributed by atoms with Gasteiger partial charge in [-0.15, -0.1) is 0 Å². The number of rotatable bonds is 8. The van der Waals surface area contributed by atoms with Crippen LogP contribution in [0.3, 0.4) is 0 Å². The fourth-order valence-corrected chi connectivity index (χ4v) is 3.46. The molecule has 1 N–H and O–H groups in total. The molecular weight excluding hydrogens is 444 g/mol. The maximum Gasteiger partial charge on any atom is 0.514 e. The summed E-state index contributed by atoms with van der Waals surface area (Å²) in [6.45, 7) is 0.0896. The Morgan fingerprint density at radius 2 is 1.17 bits per heavy atom. The van der Waals surface area contributed by atoms with Gasteiger partial charge in [0.1, 0.15) is 12.4 Å². The lowest BCUT2D eigenvalue weighted by atomic mass is 10.0. The first-order chi connectivity index (χ1) is 17.1. The maximum absolute atomic E-state index is 12.8. The Bertz CT molecular complexity index is 1190. The topological polar surface area (TPSA) is 82.1 Å². The van der Waals surface area contributed by atoms with Gasteiger partial charge >= 0.3 is 12.1 Å². The molecule has 0 spiro atoms. The molecule has 6 nitrogen and oxygen atoms in total. The van der Waals surface area contributed by atoms with E-state index in [0.29, 0.717) is 5.56 Å². The van der Waals surface area contributed by atoms with Crippen LogP contribution in [-0.2, 0) is 20.9 Å². The normalized spacial score (nSPS) is 11.5. The second kappa shape index (κ2) is 11.6. The highest BCUT2D eigenvalue weighted by Gasteiger charge is 2.25. The third-order valence-electron chi connectivity index (χ3n) is 5.26. The number of ether oxygens (including phenoxy) is 3. The second-order valence-corrected chi connectivity index (χ2v) is 7.74. The molecule has 0 saturated carbocycles. The molecule has 1 atom stereocenters. The molecule has 0 saturated heterocycles. The molecule has 35 heavy (non-hydrogen) atoms. The Balaban J connectivity index is 1.38. The van der Waals surface area contributed by atoms with E-state index in [1.165, 1.54) is 24.3 Å². The third kappa shape index (κ3) is 6.56. The number of aliphatic hydroxyl groups excluding tert-OH is 1. The summed E-state index contributed by atoms with van der Waals surface area (Å²) in [4.78, 5) is 24.7. The minimum absolute atomic E-state index is 0.0896. The van der Waals surface area contributed by atoms with Crippen molar-refractivity contribution in [3.05, 3.63) is 138 Å². The molecule has 0 aliphatic rings. The molecule has 4 aromatic rings. The van der Waals surface area contributed by atoms with Crippen molar-refractivity contribution in [2.24, 2.45) is 0 Å². The van der Waals surface area contributed by atoms with Gasteiger partial charge in [-0.3, -0.25) is 0 Å². The molecule has 0 fully saturated rings. The van der Waals surface area contributed by atoms with Gasteiger partial charge in [0, 0.05) is 0 Å². The number of esters is 1. The fraction of sp³-hybridized carbons (Fsp3) is 0.103. The smallest absolute Gasteiger partial charge is 0.450 e. The molecule has 0 radical (unpaired) electrons. The molecular formula is C29H24O6. The van der Waals surface area contributed by atoms with Gasteiger partial charge in [0.2, 0.25) is 0 Å². The van der Waals surface area contributed by atoms with Crippen molar-refractivity contribution in [1.29, 1.82) is 0 Å². The highest BCUT2D eigenvalue weighted by Crippen LogP contribution is 2.28. The van der Waals surface area contributed by atoms with E-state index in [1.54, 1.807) is 0 Å². The number of hydrogen-bond donors (Lipinski definition) is 1. The standard InChI is InChI=1S/C29H24O6/c30-26(28(31)35-27(23-12-6-2-7-13-23)24-14-8-3-9-15-24)22-16-18-25(19-17-22)34-29(32)33-20-21-10-4-1-5-11-21/h1-19,26-27,30H,20H2. The largest absolute Gasteiger partial charge is 0.514 e. The SMILES string of the molecule is O=C(OCc1ccccc1)Oc1ccc(C(O)C(=O)OC(c2ccccc2)c2ccccc2)cc1. The lowest BCUT2D eigenvalue weighted by Gasteiger charge is -2.21. The van der Waals surface area contributed by atoms with Crippen LogP contribution in [0.5, 0.6) is 5.75 Å². The number of hydrogen-bond acceptors (Lipinski definition) is 6. The van der Waals surface area contributed by atoms with Crippen LogP contribution in [0.2, 0.25) is 0 Å². The predicted octanol–water partition coefficient (Wildman–Crippen LogP) is 5.77. The van der Waals surface area contributed by atoms with Crippen molar-refractivity contribution in [3.63, 3.8) is 0 Å². The number of aliphatic hydroxyl groups is 1. The van der Waals surface area contributed by atoms with Crippen LogP contribution in [0.4, 0.5) is 4.79 Å². The molecule has 6 heteroatoms. The zero-order valence-electron chi connectivity index (χ0n) is 18.8. The summed E-state index contributed by atoms with van der Waals surface area (Å²) in [5.41, 5.74) is 2.72. The van der Waals surface area contributed by atoms with Crippen LogP contribution in [0.1, 0.15) is 34.5 Å². The van der Waals surface area contributed by atoms with Gasteiger partial charge in [-0.1, -0.05) is 103 Å². The summed E-state index contributed by atoms with van der Waals surface area (Å²) in [5.74, 6) is -0.572. The molecule has 176 valence electrons. The van der Waals surface area contributed by atoms with Crippen LogP contribution in [0.25, 0.3) is 0 Å². The molecule has 0 amide bonds. The summed E-state index contributed by atoms with van der Waals surface area (Å²) in [5, 5.41) is 10.6. The summed E-state index contributed by atoms with van der Waals surface area (Å²) in [6.07, 6.45) is -3.03. The van der Waals surface area contributed by atoms with Crippen LogP contribution in [0, 0.1) is 0 Å². The average Bonchev–Trinajstić information content (AvgIpc) is 2.92. The first kappa shape index (κ1) is 23.7. The minimum atomic E-state index is -1.51. The zero-order valence-corrected chi connectivity index (χ0v) is 18.8. The third-order valence-corrected chi connectivity index (χ3v) is 5.26. The van der Waals surface area contributed by atoms with Crippen molar-refractivity contribution < 1.29 is 28.9 Å². The minimum Gasteiger partial charge on any atom is -0.450 e. The lowest BCUT2D eigenvalue weighted by molar-refractivity contribution is -0.158. The van der Waals surface area contributed by atoms with Crippen LogP contribution >= 0.6 is 0 Å². The Morgan fingerprint density at radius 3 is 1.71 bits per heavy atom. The van der Waals surface area contributed by atoms with Crippen LogP contribution in [0.15, 0.2) is 115 Å². The number of benzene rings is 4. The Kier molecular flexibility index (Phi) is 7.88. The van der Waals surface area contributed by atoms with E-state index in [-0.39, 0.29) is 12.4 Å². The van der Waals surface area contributed by atoms with E-state index < -0.39 is 24.3 Å². The first-order valence-corrected chi connectivity index (χ1v) is 11.1. The monoisotopic (exact) mass is 468 g/mol. The molecule has 0 aromatic heterocycles. The molecule has 0 aliphatic carbocycles. The van der Waals surface area contributed by atoms with Gasteiger partial charge in [0.05, 0.1) is 0 Å². The van der Waals surface area contributed by atoms with Gasteiger partial charge in [0.15, 0.2) is 12.2 Å². The molecule has 0 bridgehead atoms. The highest BCUT2D eigenvalue weighted by molar-refractivity contribution is 5.77. The Labute approximate surface area is 203 Å². The van der Waals surface area contributed by atoms with Crippen molar-refractivity contribution in [2.45, 2.75) is 18.8 Å². The lowest BCUT2D eigenvalue weighted by Crippen LogP contribution is -2.19. The maximum atomic E-state index is 12.8. The van der Waals surface area contributed by atoms with Crippen molar-refractivity contribution >= 4 is 12.1 Å². The summed E-state index contributed by atoms with van der Waals surface area (Å²) >= 11 is 0. The van der Waals surface area contributed by atoms with E-state index >= 15 is 0 Å². The van der Waals surface area contributed by atoms with Gasteiger partial charge in [-0.25, -0.2) is 9.59 Å². The number of carbonyl (C=O) groups is 2. The van der Waals surface area contributed by atoms with E-state index in [1.807, 2.05) is 91.0 Å². The van der Waals surface area contributed by atoms with Crippen molar-refractivity contribution in [3.8, 4) is 5.75 Å². The molecule has 0 heterocycles. The van der Waals surface area contributed by atoms with Gasteiger partial charge < -0.3 is 19.3 Å². The zero-order chi connectivity index (χ0) is 24.5. The Hall–Kier alpha value is -4.42. The predicted molar refractivity (Wildman–Crippen MR) is 129 cm³/mol. The Morgan fingerprint density at radius 1 is 0.657 bits per heavy atom. The molecule has 4 aromatic carbocycles. The van der Waals surface area contributed by atoms with Gasteiger partial charge in [-0.05, 0) is 34.4 Å². The van der Waals surface area contributed by atoms with Gasteiger partial charge in [-0.2, -0.15) is 0 Å². The molecule has 0 aliphatic heterocycles. The van der Waals surface area contributed by atoms with Crippen molar-refractivity contribution in [1.82, 2.24) is 0 Å². The first-order valence-electron chi connectivity index (χ1n) is 11.1. The van der Waals surface area contributed by atoms with Crippen LogP contribution in [-0.4, -0.2) is 17.2 Å². The summed E-state index contributed by atoms with van der Waals surface area (Å²) < 4.78 is 16.0. The molecule has 1 unspecified atom stereocenters. The quantitative estimate of drug-likeness (QED) is 0.261. The summed E-state index contributed by atoms with van der Waals surface area (Å²) in [7, 11) is 0. The fourth-order valence-electron chi connectivity index (χ4n) is 3.46. The second-order valence-electron chi connectivity index (χ2n) is 7.74. The summed E-state index contributed by atoms with van der Waals surface area (Å²) in [6, 6.07) is 33.8. The number of carbonyl (C=O) groups excluding carboxylic acids is 2. The highest BCUT2D eigenvalue weighted by atomic mass is 16.7. The van der Waals surface area contributed by atoms with Gasteiger partial charge in [0.25, 0.3) is 0 Å². The average molecular weight is 469 g/mol. The van der Waals surface area contributed by atoms with E-state index in [0.717, 1.165) is 16.7 Å².